The van der Waals surface area contributed by atoms with Gasteiger partial charge in [-0.05, 0) is 6.07 Å². The molecular weight excluding hydrogens is 215 g/mol. The van der Waals surface area contributed by atoms with Crippen LogP contribution in [-0.4, -0.2) is 6.09 Å². The molecule has 0 atom stereocenters. The highest BCUT2D eigenvalue weighted by atomic mass is 35.5. The molecule has 1 amide bonds. The lowest BCUT2D eigenvalue weighted by atomic mass is 10.3. The first kappa shape index (κ1) is 9.95. The van der Waals surface area contributed by atoms with E-state index in [0.717, 1.165) is 0 Å². The van der Waals surface area contributed by atoms with E-state index in [1.54, 1.807) is 0 Å². The van der Waals surface area contributed by atoms with E-state index < -0.39 is 6.09 Å². The average Bonchev–Trinajstić information content (AvgIpc) is 1.99. The van der Waals surface area contributed by atoms with Crippen LogP contribution < -0.4 is 16.2 Å². The van der Waals surface area contributed by atoms with Gasteiger partial charge in [0.05, 0.1) is 15.7 Å². The highest BCUT2D eigenvalue weighted by Gasteiger charge is 2.08. The maximum absolute atomic E-state index is 10.4. The van der Waals surface area contributed by atoms with Crippen LogP contribution in [0.1, 0.15) is 0 Å². The van der Waals surface area contributed by atoms with E-state index in [4.69, 9.17) is 34.7 Å². The number of carbonyl (C=O) groups is 1. The van der Waals surface area contributed by atoms with Crippen LogP contribution in [0.15, 0.2) is 12.1 Å². The molecule has 0 bridgehead atoms. The normalized spacial score (nSPS) is 9.69. The summed E-state index contributed by atoms with van der Waals surface area (Å²) < 4.78 is 4.55. The molecule has 0 saturated carbocycles. The lowest BCUT2D eigenvalue weighted by Crippen LogP contribution is -2.16. The largest absolute Gasteiger partial charge is 0.410 e. The zero-order valence-electron chi connectivity index (χ0n) is 6.38. The van der Waals surface area contributed by atoms with Crippen molar-refractivity contribution >= 4 is 35.0 Å². The number of anilines is 1. The highest BCUT2D eigenvalue weighted by molar-refractivity contribution is 6.36. The van der Waals surface area contributed by atoms with Crippen LogP contribution in [0.25, 0.3) is 0 Å². The third-order valence-corrected chi connectivity index (χ3v) is 1.88. The molecule has 13 heavy (non-hydrogen) atoms. The molecule has 4 nitrogen and oxygen atoms in total. The second kappa shape index (κ2) is 3.72. The maximum Gasteiger partial charge on any atom is 0.410 e. The molecule has 0 aliphatic heterocycles. The Morgan fingerprint density at radius 2 is 1.92 bits per heavy atom. The Hall–Kier alpha value is -1.13. The molecule has 0 unspecified atom stereocenters. The molecule has 0 spiro atoms. The van der Waals surface area contributed by atoms with Gasteiger partial charge in [0.1, 0.15) is 0 Å². The van der Waals surface area contributed by atoms with Crippen molar-refractivity contribution in [2.24, 2.45) is 5.73 Å². The quantitative estimate of drug-likeness (QED) is 0.712. The summed E-state index contributed by atoms with van der Waals surface area (Å²) in [6.07, 6.45) is -0.956. The van der Waals surface area contributed by atoms with Crippen molar-refractivity contribution in [3.8, 4) is 5.75 Å². The smallest absolute Gasteiger partial charge is 0.409 e. The number of nitrogen functional groups attached to an aromatic ring is 1. The molecule has 0 aliphatic carbocycles. The predicted octanol–water partition coefficient (Wildman–Crippen LogP) is 2.03. The van der Waals surface area contributed by atoms with Crippen LogP contribution in [0, 0.1) is 0 Å². The van der Waals surface area contributed by atoms with Crippen molar-refractivity contribution in [3.05, 3.63) is 22.2 Å². The van der Waals surface area contributed by atoms with Gasteiger partial charge in [-0.15, -0.1) is 0 Å². The number of hydrogen-bond donors (Lipinski definition) is 2. The Labute approximate surface area is 84.4 Å². The Bertz CT molecular complexity index is 355. The topological polar surface area (TPSA) is 78.3 Å². The van der Waals surface area contributed by atoms with E-state index in [1.165, 1.54) is 12.1 Å². The summed E-state index contributed by atoms with van der Waals surface area (Å²) in [5.74, 6) is 0.0911. The third-order valence-electron chi connectivity index (χ3n) is 1.26. The molecule has 0 aliphatic rings. The van der Waals surface area contributed by atoms with Crippen molar-refractivity contribution in [1.82, 2.24) is 0 Å². The van der Waals surface area contributed by atoms with Crippen molar-refractivity contribution < 1.29 is 9.53 Å². The SMILES string of the molecule is NC(=O)Oc1cc(Cl)c(N)cc1Cl. The number of hydrogen-bond acceptors (Lipinski definition) is 3. The fraction of sp³-hybridized carbons (Fsp3) is 0. The van der Waals surface area contributed by atoms with Gasteiger partial charge in [0.2, 0.25) is 0 Å². The summed E-state index contributed by atoms with van der Waals surface area (Å²) in [6, 6.07) is 2.70. The molecule has 1 rings (SSSR count). The molecule has 1 aromatic carbocycles. The van der Waals surface area contributed by atoms with Gasteiger partial charge in [0, 0.05) is 6.07 Å². The minimum atomic E-state index is -0.956. The fourth-order valence-electron chi connectivity index (χ4n) is 0.731. The third kappa shape index (κ3) is 2.40. The fourth-order valence-corrected chi connectivity index (χ4v) is 1.09. The standard InChI is InChI=1S/C7H6Cl2N2O2/c8-3-2-6(13-7(11)12)4(9)1-5(3)10/h1-2H,10H2,(H2,11,12). The van der Waals surface area contributed by atoms with Crippen LogP contribution >= 0.6 is 23.2 Å². The van der Waals surface area contributed by atoms with Gasteiger partial charge in [-0.2, -0.15) is 0 Å². The van der Waals surface area contributed by atoms with Gasteiger partial charge in [0.25, 0.3) is 0 Å². The second-order valence-corrected chi connectivity index (χ2v) is 3.04. The summed E-state index contributed by atoms with van der Waals surface area (Å²) in [5, 5.41) is 0.432. The lowest BCUT2D eigenvalue weighted by molar-refractivity contribution is 0.211. The van der Waals surface area contributed by atoms with Crippen molar-refractivity contribution in [1.29, 1.82) is 0 Å². The number of nitrogens with two attached hydrogens (primary N) is 2. The van der Waals surface area contributed by atoms with Gasteiger partial charge in [-0.1, -0.05) is 23.2 Å². The lowest BCUT2D eigenvalue weighted by Gasteiger charge is -2.05. The maximum atomic E-state index is 10.4. The minimum absolute atomic E-state index is 0.0911. The molecule has 4 N–H and O–H groups in total. The molecule has 0 heterocycles. The molecule has 70 valence electrons. The van der Waals surface area contributed by atoms with E-state index in [-0.39, 0.29) is 15.8 Å². The summed E-state index contributed by atoms with van der Waals surface area (Å²) in [4.78, 5) is 10.4. The number of rotatable bonds is 1. The van der Waals surface area contributed by atoms with Crippen LogP contribution in [0.5, 0.6) is 5.75 Å². The molecule has 0 aromatic heterocycles. The van der Waals surface area contributed by atoms with Crippen LogP contribution in [0.4, 0.5) is 10.5 Å². The molecule has 0 saturated heterocycles. The van der Waals surface area contributed by atoms with Crippen molar-refractivity contribution in [3.63, 3.8) is 0 Å². The van der Waals surface area contributed by atoms with Gasteiger partial charge in [0.15, 0.2) is 5.75 Å². The Morgan fingerprint density at radius 1 is 1.31 bits per heavy atom. The molecule has 6 heteroatoms. The Kier molecular flexibility index (Phi) is 2.85. The Balaban J connectivity index is 3.08. The number of benzene rings is 1. The molecule has 0 fully saturated rings. The number of carbonyl (C=O) groups excluding carboxylic acids is 1. The van der Waals surface area contributed by atoms with Gasteiger partial charge < -0.3 is 16.2 Å². The first-order valence-corrected chi connectivity index (χ1v) is 3.98. The first-order valence-electron chi connectivity index (χ1n) is 3.22. The van der Waals surface area contributed by atoms with E-state index in [2.05, 4.69) is 4.74 Å². The molecule has 1 aromatic rings. The van der Waals surface area contributed by atoms with E-state index in [1.807, 2.05) is 0 Å². The number of halogens is 2. The van der Waals surface area contributed by atoms with E-state index in [0.29, 0.717) is 5.69 Å². The predicted molar refractivity (Wildman–Crippen MR) is 51.1 cm³/mol. The Morgan fingerprint density at radius 3 is 2.46 bits per heavy atom. The second-order valence-electron chi connectivity index (χ2n) is 2.23. The van der Waals surface area contributed by atoms with Gasteiger partial charge in [-0.25, -0.2) is 4.79 Å². The first-order chi connectivity index (χ1) is 6.00. The van der Waals surface area contributed by atoms with Crippen LogP contribution in [0.2, 0.25) is 10.0 Å². The summed E-state index contributed by atoms with van der Waals surface area (Å²) >= 11 is 11.3. The highest BCUT2D eigenvalue weighted by Crippen LogP contribution is 2.32. The van der Waals surface area contributed by atoms with Crippen LogP contribution in [-0.2, 0) is 0 Å². The molecule has 0 radical (unpaired) electrons. The van der Waals surface area contributed by atoms with E-state index in [9.17, 15) is 4.79 Å². The number of primary amides is 1. The van der Waals surface area contributed by atoms with Gasteiger partial charge >= 0.3 is 6.09 Å². The van der Waals surface area contributed by atoms with E-state index >= 15 is 0 Å². The zero-order valence-corrected chi connectivity index (χ0v) is 7.89. The molecular formula is C7H6Cl2N2O2. The summed E-state index contributed by atoms with van der Waals surface area (Å²) in [6.45, 7) is 0. The minimum Gasteiger partial charge on any atom is -0.409 e. The van der Waals surface area contributed by atoms with Crippen molar-refractivity contribution in [2.45, 2.75) is 0 Å². The number of ether oxygens (including phenoxy) is 1. The number of amides is 1. The van der Waals surface area contributed by atoms with Crippen LogP contribution in [0.3, 0.4) is 0 Å². The van der Waals surface area contributed by atoms with Gasteiger partial charge in [-0.3, -0.25) is 0 Å². The monoisotopic (exact) mass is 220 g/mol. The summed E-state index contributed by atoms with van der Waals surface area (Å²) in [5.41, 5.74) is 10.5. The average molecular weight is 221 g/mol. The van der Waals surface area contributed by atoms with Crippen molar-refractivity contribution in [2.75, 3.05) is 5.73 Å². The summed E-state index contributed by atoms with van der Waals surface area (Å²) in [7, 11) is 0. The zero-order chi connectivity index (χ0) is 10.0.